The van der Waals surface area contributed by atoms with E-state index < -0.39 is 23.9 Å². The monoisotopic (exact) mass is 323 g/mol. The summed E-state index contributed by atoms with van der Waals surface area (Å²) in [6.45, 7) is 3.91. The van der Waals surface area contributed by atoms with E-state index in [1.54, 1.807) is 6.92 Å². The lowest BCUT2D eigenvalue weighted by molar-refractivity contribution is -0.207. The molecule has 1 aliphatic carbocycles. The van der Waals surface area contributed by atoms with Gasteiger partial charge in [-0.2, -0.15) is 0 Å². The van der Waals surface area contributed by atoms with Crippen molar-refractivity contribution in [1.29, 1.82) is 0 Å². The lowest BCUT2D eigenvalue weighted by Crippen LogP contribution is -2.65. The summed E-state index contributed by atoms with van der Waals surface area (Å²) in [6.07, 6.45) is 0.942. The first kappa shape index (κ1) is 16.4. The van der Waals surface area contributed by atoms with E-state index in [1.165, 1.54) is 0 Å². The number of halogens is 2. The smallest absolute Gasteiger partial charge is 0.323 e. The number of piperidine rings is 2. The summed E-state index contributed by atoms with van der Waals surface area (Å²) < 4.78 is 33.8. The lowest BCUT2D eigenvalue weighted by atomic mass is 9.71. The maximum atomic E-state index is 14.4. The van der Waals surface area contributed by atoms with E-state index in [9.17, 15) is 13.6 Å². The van der Waals surface area contributed by atoms with Gasteiger partial charge in [0.15, 0.2) is 0 Å². The normalized spacial score (nSPS) is 30.9. The highest BCUT2D eigenvalue weighted by Gasteiger charge is 2.60. The maximum Gasteiger partial charge on any atom is 0.323 e. The number of rotatable bonds is 4. The molecular formula is C18H23F2NO2. The third-order valence-corrected chi connectivity index (χ3v) is 5.24. The first-order valence-corrected chi connectivity index (χ1v) is 8.32. The van der Waals surface area contributed by atoms with Crippen LogP contribution in [0.15, 0.2) is 30.3 Å². The minimum Gasteiger partial charge on any atom is -0.465 e. The van der Waals surface area contributed by atoms with Crippen molar-refractivity contribution in [2.45, 2.75) is 57.2 Å². The van der Waals surface area contributed by atoms with Crippen LogP contribution in [0.25, 0.3) is 0 Å². The van der Waals surface area contributed by atoms with Crippen molar-refractivity contribution in [3.8, 4) is 0 Å². The van der Waals surface area contributed by atoms with Crippen molar-refractivity contribution in [3.63, 3.8) is 0 Å². The molecule has 3 fully saturated rings. The fourth-order valence-electron chi connectivity index (χ4n) is 4.20. The van der Waals surface area contributed by atoms with Crippen LogP contribution >= 0.6 is 0 Å². The number of hydrogen-bond donors (Lipinski definition) is 0. The molecule has 5 heteroatoms. The Labute approximate surface area is 135 Å². The van der Waals surface area contributed by atoms with Gasteiger partial charge in [0, 0.05) is 24.4 Å². The Balaban J connectivity index is 1.95. The lowest BCUT2D eigenvalue weighted by Gasteiger charge is -2.55. The van der Waals surface area contributed by atoms with Crippen LogP contribution in [0.2, 0.25) is 0 Å². The minimum absolute atomic E-state index is 0.0884. The van der Waals surface area contributed by atoms with Crippen LogP contribution in [0, 0.1) is 5.92 Å². The van der Waals surface area contributed by atoms with Gasteiger partial charge in [-0.3, -0.25) is 9.69 Å². The first-order valence-electron chi connectivity index (χ1n) is 8.32. The van der Waals surface area contributed by atoms with Crippen molar-refractivity contribution in [2.24, 2.45) is 5.92 Å². The molecule has 3 nitrogen and oxygen atoms in total. The number of alkyl halides is 2. The zero-order chi connectivity index (χ0) is 16.6. The van der Waals surface area contributed by atoms with Crippen LogP contribution in [-0.2, 0) is 9.53 Å². The molecule has 2 aliphatic heterocycles. The Morgan fingerprint density at radius 3 is 2.65 bits per heavy atom. The molecule has 23 heavy (non-hydrogen) atoms. The van der Waals surface area contributed by atoms with Crippen molar-refractivity contribution in [3.05, 3.63) is 35.9 Å². The van der Waals surface area contributed by atoms with E-state index in [0.717, 1.165) is 5.56 Å². The van der Waals surface area contributed by atoms with E-state index in [2.05, 4.69) is 0 Å². The second-order valence-electron chi connectivity index (χ2n) is 6.53. The SMILES string of the molecule is CCOC(=O)[C@H]1C2CCC(CC2(F)F)N1[C@@H](C)c1ccccc1. The van der Waals surface area contributed by atoms with Crippen molar-refractivity contribution in [2.75, 3.05) is 6.61 Å². The summed E-state index contributed by atoms with van der Waals surface area (Å²) in [6, 6.07) is 8.53. The molecule has 0 aromatic heterocycles. The molecule has 2 saturated heterocycles. The molecule has 1 aromatic rings. The minimum atomic E-state index is -2.78. The van der Waals surface area contributed by atoms with Gasteiger partial charge in [0.1, 0.15) is 6.04 Å². The molecule has 4 atom stereocenters. The summed E-state index contributed by atoms with van der Waals surface area (Å²) >= 11 is 0. The summed E-state index contributed by atoms with van der Waals surface area (Å²) in [5.74, 6) is -4.24. The van der Waals surface area contributed by atoms with Crippen LogP contribution < -0.4 is 0 Å². The number of benzene rings is 1. The van der Waals surface area contributed by atoms with Crippen molar-refractivity contribution < 1.29 is 18.3 Å². The second-order valence-corrected chi connectivity index (χ2v) is 6.53. The molecule has 2 bridgehead atoms. The van der Waals surface area contributed by atoms with Gasteiger partial charge in [-0.25, -0.2) is 8.78 Å². The highest BCUT2D eigenvalue weighted by atomic mass is 19.3. The number of fused-ring (bicyclic) bond motifs is 3. The Hall–Kier alpha value is -1.49. The number of esters is 1. The topological polar surface area (TPSA) is 29.5 Å². The van der Waals surface area contributed by atoms with E-state index in [1.807, 2.05) is 42.2 Å². The maximum absolute atomic E-state index is 14.4. The van der Waals surface area contributed by atoms with Gasteiger partial charge in [-0.05, 0) is 32.3 Å². The molecule has 0 spiro atoms. The second kappa shape index (κ2) is 6.19. The Morgan fingerprint density at radius 2 is 2.04 bits per heavy atom. The van der Waals surface area contributed by atoms with Crippen LogP contribution in [0.5, 0.6) is 0 Å². The van der Waals surface area contributed by atoms with Crippen LogP contribution in [0.3, 0.4) is 0 Å². The highest BCUT2D eigenvalue weighted by Crippen LogP contribution is 2.51. The number of hydrogen-bond acceptors (Lipinski definition) is 3. The van der Waals surface area contributed by atoms with Gasteiger partial charge in [0.25, 0.3) is 5.92 Å². The average Bonchev–Trinajstić information content (AvgIpc) is 2.54. The molecule has 1 aromatic carbocycles. The molecular weight excluding hydrogens is 300 g/mol. The number of nitrogens with zero attached hydrogens (tertiary/aromatic N) is 1. The van der Waals surface area contributed by atoms with E-state index >= 15 is 0 Å². The predicted molar refractivity (Wildman–Crippen MR) is 83.2 cm³/mol. The molecule has 1 saturated carbocycles. The standard InChI is InChI=1S/C18H23F2NO2/c1-3-23-17(22)16-15-10-9-14(11-18(15,19)20)21(16)12(2)13-7-5-4-6-8-13/h4-8,12,14-16H,3,9-11H2,1-2H3/t12-,14?,15?,16+/m0/s1. The number of carbonyl (C=O) groups is 1. The van der Waals surface area contributed by atoms with Gasteiger partial charge in [-0.1, -0.05) is 30.3 Å². The number of ether oxygens (including phenoxy) is 1. The fraction of sp³-hybridized carbons (Fsp3) is 0.611. The molecule has 3 aliphatic rings. The van der Waals surface area contributed by atoms with Gasteiger partial charge in [0.2, 0.25) is 0 Å². The molecule has 0 amide bonds. The van der Waals surface area contributed by atoms with Gasteiger partial charge < -0.3 is 4.74 Å². The van der Waals surface area contributed by atoms with E-state index in [4.69, 9.17) is 4.74 Å². The number of carbonyl (C=O) groups excluding carboxylic acids is 1. The third kappa shape index (κ3) is 2.87. The zero-order valence-electron chi connectivity index (χ0n) is 13.5. The summed E-state index contributed by atoms with van der Waals surface area (Å²) in [7, 11) is 0. The van der Waals surface area contributed by atoms with Crippen molar-refractivity contribution >= 4 is 5.97 Å². The molecule has 4 rings (SSSR count). The fourth-order valence-corrected chi connectivity index (χ4v) is 4.20. The Bertz CT molecular complexity index is 563. The highest BCUT2D eigenvalue weighted by molar-refractivity contribution is 5.77. The largest absolute Gasteiger partial charge is 0.465 e. The Kier molecular flexibility index (Phi) is 4.41. The molecule has 126 valence electrons. The van der Waals surface area contributed by atoms with Gasteiger partial charge >= 0.3 is 5.97 Å². The van der Waals surface area contributed by atoms with Crippen LogP contribution in [0.4, 0.5) is 8.78 Å². The van der Waals surface area contributed by atoms with Gasteiger partial charge in [-0.15, -0.1) is 0 Å². The predicted octanol–water partition coefficient (Wildman–Crippen LogP) is 3.80. The molecule has 0 N–H and O–H groups in total. The van der Waals surface area contributed by atoms with Crippen molar-refractivity contribution in [1.82, 2.24) is 4.90 Å². The van der Waals surface area contributed by atoms with Gasteiger partial charge in [0.05, 0.1) is 6.61 Å². The molecule has 0 radical (unpaired) electrons. The summed E-state index contributed by atoms with van der Waals surface area (Å²) in [5.41, 5.74) is 1.04. The molecule has 2 unspecified atom stereocenters. The molecule has 2 heterocycles. The first-order chi connectivity index (χ1) is 11.0. The third-order valence-electron chi connectivity index (χ3n) is 5.24. The summed E-state index contributed by atoms with van der Waals surface area (Å²) in [4.78, 5) is 14.4. The van der Waals surface area contributed by atoms with Crippen LogP contribution in [0.1, 0.15) is 44.7 Å². The Morgan fingerprint density at radius 1 is 1.35 bits per heavy atom. The quantitative estimate of drug-likeness (QED) is 0.789. The van der Waals surface area contributed by atoms with Crippen LogP contribution in [-0.4, -0.2) is 35.5 Å². The zero-order valence-corrected chi connectivity index (χ0v) is 13.5. The summed E-state index contributed by atoms with van der Waals surface area (Å²) in [5, 5.41) is 0. The van der Waals surface area contributed by atoms with E-state index in [-0.39, 0.29) is 25.1 Å². The van der Waals surface area contributed by atoms with E-state index in [0.29, 0.717) is 12.8 Å². The average molecular weight is 323 g/mol.